The minimum absolute atomic E-state index is 0.0940. The zero-order valence-electron chi connectivity index (χ0n) is 11.2. The Bertz CT molecular complexity index is 520. The van der Waals surface area contributed by atoms with Crippen LogP contribution in [-0.4, -0.2) is 47.2 Å². The third kappa shape index (κ3) is 2.84. The minimum atomic E-state index is -0.300. The third-order valence-electron chi connectivity index (χ3n) is 3.53. The Morgan fingerprint density at radius 1 is 1.25 bits per heavy atom. The van der Waals surface area contributed by atoms with Crippen LogP contribution in [0.15, 0.2) is 18.2 Å². The SMILES string of the molecule is COC(=O)C1CCN(C(=O)c2ccc(O)cc2O)CC1. The van der Waals surface area contributed by atoms with Gasteiger partial charge < -0.3 is 19.8 Å². The molecule has 0 spiro atoms. The molecule has 2 N–H and O–H groups in total. The molecule has 1 fully saturated rings. The Balaban J connectivity index is 2.03. The Morgan fingerprint density at radius 3 is 2.45 bits per heavy atom. The minimum Gasteiger partial charge on any atom is -0.508 e. The number of hydrogen-bond donors (Lipinski definition) is 2. The van der Waals surface area contributed by atoms with Crippen LogP contribution in [0.4, 0.5) is 0 Å². The van der Waals surface area contributed by atoms with E-state index in [1.54, 1.807) is 4.90 Å². The Hall–Kier alpha value is -2.24. The average Bonchev–Trinajstić information content (AvgIpc) is 2.46. The number of nitrogens with zero attached hydrogens (tertiary/aromatic N) is 1. The second-order valence-electron chi connectivity index (χ2n) is 4.79. The highest BCUT2D eigenvalue weighted by Gasteiger charge is 2.29. The van der Waals surface area contributed by atoms with E-state index in [-0.39, 0.29) is 34.9 Å². The van der Waals surface area contributed by atoms with Gasteiger partial charge in [0.1, 0.15) is 11.5 Å². The molecule has 1 aromatic rings. The molecule has 0 radical (unpaired) electrons. The number of esters is 1. The maximum absolute atomic E-state index is 12.2. The highest BCUT2D eigenvalue weighted by atomic mass is 16.5. The molecule has 0 aromatic heterocycles. The maximum atomic E-state index is 12.2. The number of benzene rings is 1. The predicted molar refractivity (Wildman–Crippen MR) is 70.4 cm³/mol. The quantitative estimate of drug-likeness (QED) is 0.792. The van der Waals surface area contributed by atoms with Crippen molar-refractivity contribution in [3.8, 4) is 11.5 Å². The molecule has 0 atom stereocenters. The summed E-state index contributed by atoms with van der Waals surface area (Å²) >= 11 is 0. The van der Waals surface area contributed by atoms with Gasteiger partial charge in [0.15, 0.2) is 0 Å². The van der Waals surface area contributed by atoms with Gasteiger partial charge in [-0.15, -0.1) is 0 Å². The molecule has 20 heavy (non-hydrogen) atoms. The monoisotopic (exact) mass is 279 g/mol. The molecule has 0 bridgehead atoms. The van der Waals surface area contributed by atoms with Crippen molar-refractivity contribution in [3.05, 3.63) is 23.8 Å². The molecule has 6 heteroatoms. The topological polar surface area (TPSA) is 87.1 Å². The van der Waals surface area contributed by atoms with Gasteiger partial charge in [0.05, 0.1) is 18.6 Å². The van der Waals surface area contributed by atoms with Crippen LogP contribution in [0.2, 0.25) is 0 Å². The van der Waals surface area contributed by atoms with Gasteiger partial charge in [0.2, 0.25) is 0 Å². The number of ether oxygens (including phenoxy) is 1. The van der Waals surface area contributed by atoms with Crippen LogP contribution in [0.25, 0.3) is 0 Å². The molecule has 1 saturated heterocycles. The van der Waals surface area contributed by atoms with Crippen LogP contribution in [0.1, 0.15) is 23.2 Å². The van der Waals surface area contributed by atoms with E-state index in [4.69, 9.17) is 4.74 Å². The fourth-order valence-electron chi connectivity index (χ4n) is 2.36. The van der Waals surface area contributed by atoms with E-state index < -0.39 is 0 Å². The molecular weight excluding hydrogens is 262 g/mol. The first kappa shape index (κ1) is 14.2. The summed E-state index contributed by atoms with van der Waals surface area (Å²) in [6.45, 7) is 0.887. The van der Waals surface area contributed by atoms with E-state index in [0.717, 1.165) is 6.07 Å². The van der Waals surface area contributed by atoms with E-state index in [9.17, 15) is 19.8 Å². The second-order valence-corrected chi connectivity index (χ2v) is 4.79. The first-order valence-electron chi connectivity index (χ1n) is 6.42. The Morgan fingerprint density at radius 2 is 1.90 bits per heavy atom. The fourth-order valence-corrected chi connectivity index (χ4v) is 2.36. The van der Waals surface area contributed by atoms with Crippen molar-refractivity contribution in [1.82, 2.24) is 4.90 Å². The number of amides is 1. The van der Waals surface area contributed by atoms with Crippen molar-refractivity contribution in [2.24, 2.45) is 5.92 Å². The van der Waals surface area contributed by atoms with Gasteiger partial charge in [-0.2, -0.15) is 0 Å². The van der Waals surface area contributed by atoms with Crippen molar-refractivity contribution in [2.75, 3.05) is 20.2 Å². The summed E-state index contributed by atoms with van der Waals surface area (Å²) in [5.74, 6) is -1.05. The van der Waals surface area contributed by atoms with Crippen LogP contribution >= 0.6 is 0 Å². The molecule has 2 rings (SSSR count). The number of hydrogen-bond acceptors (Lipinski definition) is 5. The Kier molecular flexibility index (Phi) is 4.12. The van der Waals surface area contributed by atoms with Crippen LogP contribution in [0, 0.1) is 5.92 Å². The molecule has 1 aliphatic heterocycles. The van der Waals surface area contributed by atoms with Crippen molar-refractivity contribution < 1.29 is 24.5 Å². The van der Waals surface area contributed by atoms with Crippen LogP contribution in [0.5, 0.6) is 11.5 Å². The van der Waals surface area contributed by atoms with Crippen molar-refractivity contribution in [1.29, 1.82) is 0 Å². The molecule has 108 valence electrons. The summed E-state index contributed by atoms with van der Waals surface area (Å²) in [6.07, 6.45) is 1.11. The number of methoxy groups -OCH3 is 1. The number of rotatable bonds is 2. The van der Waals surface area contributed by atoms with Gasteiger partial charge in [-0.25, -0.2) is 0 Å². The number of likely N-dealkylation sites (tertiary alicyclic amines) is 1. The number of phenols is 2. The molecule has 0 saturated carbocycles. The average molecular weight is 279 g/mol. The van der Waals surface area contributed by atoms with Crippen LogP contribution < -0.4 is 0 Å². The van der Waals surface area contributed by atoms with Gasteiger partial charge in [-0.05, 0) is 25.0 Å². The fraction of sp³-hybridized carbons (Fsp3) is 0.429. The number of aromatic hydroxyl groups is 2. The van der Waals surface area contributed by atoms with Gasteiger partial charge in [0, 0.05) is 19.2 Å². The molecule has 1 heterocycles. The summed E-state index contributed by atoms with van der Waals surface area (Å²) in [5.41, 5.74) is 0.152. The lowest BCUT2D eigenvalue weighted by molar-refractivity contribution is -0.146. The van der Waals surface area contributed by atoms with Crippen molar-refractivity contribution in [2.45, 2.75) is 12.8 Å². The van der Waals surface area contributed by atoms with Gasteiger partial charge in [0.25, 0.3) is 5.91 Å². The molecule has 6 nitrogen and oxygen atoms in total. The normalized spacial score (nSPS) is 15.9. The number of piperidine rings is 1. The van der Waals surface area contributed by atoms with E-state index >= 15 is 0 Å². The lowest BCUT2D eigenvalue weighted by Crippen LogP contribution is -2.40. The van der Waals surface area contributed by atoms with Crippen molar-refractivity contribution in [3.63, 3.8) is 0 Å². The third-order valence-corrected chi connectivity index (χ3v) is 3.53. The predicted octanol–water partition coefficient (Wildman–Crippen LogP) is 1.12. The molecular formula is C14H17NO5. The largest absolute Gasteiger partial charge is 0.508 e. The first-order valence-corrected chi connectivity index (χ1v) is 6.42. The smallest absolute Gasteiger partial charge is 0.308 e. The van der Waals surface area contributed by atoms with E-state index in [1.165, 1.54) is 19.2 Å². The summed E-state index contributed by atoms with van der Waals surface area (Å²) in [4.78, 5) is 25.2. The first-order chi connectivity index (χ1) is 9.52. The number of phenolic OH excluding ortho intramolecular Hbond substituents is 2. The summed E-state index contributed by atoms with van der Waals surface area (Å²) < 4.78 is 4.69. The lowest BCUT2D eigenvalue weighted by Gasteiger charge is -2.30. The van der Waals surface area contributed by atoms with E-state index in [2.05, 4.69) is 0 Å². The number of carbonyl (C=O) groups excluding carboxylic acids is 2. The molecule has 1 amide bonds. The van der Waals surface area contributed by atoms with Gasteiger partial charge in [-0.1, -0.05) is 0 Å². The van der Waals surface area contributed by atoms with Crippen molar-refractivity contribution >= 4 is 11.9 Å². The highest BCUT2D eigenvalue weighted by Crippen LogP contribution is 2.26. The summed E-state index contributed by atoms with van der Waals surface area (Å²) in [7, 11) is 1.36. The zero-order valence-corrected chi connectivity index (χ0v) is 11.2. The summed E-state index contributed by atoms with van der Waals surface area (Å²) in [6, 6.07) is 3.88. The highest BCUT2D eigenvalue weighted by molar-refractivity contribution is 5.97. The lowest BCUT2D eigenvalue weighted by atomic mass is 9.96. The molecule has 1 aliphatic rings. The van der Waals surface area contributed by atoms with E-state index in [0.29, 0.717) is 25.9 Å². The second kappa shape index (κ2) is 5.81. The molecule has 0 unspecified atom stereocenters. The standard InChI is InChI=1S/C14H17NO5/c1-20-14(19)9-4-6-15(7-5-9)13(18)11-3-2-10(16)8-12(11)17/h2-3,8-9,16-17H,4-7H2,1H3. The molecule has 1 aromatic carbocycles. The van der Waals surface area contributed by atoms with E-state index in [1.807, 2.05) is 0 Å². The Labute approximate surface area is 116 Å². The zero-order chi connectivity index (χ0) is 14.7. The summed E-state index contributed by atoms with van der Waals surface area (Å²) in [5, 5.41) is 18.9. The van der Waals surface area contributed by atoms with Gasteiger partial charge in [-0.3, -0.25) is 9.59 Å². The maximum Gasteiger partial charge on any atom is 0.308 e. The van der Waals surface area contributed by atoms with Crippen LogP contribution in [0.3, 0.4) is 0 Å². The molecule has 0 aliphatic carbocycles. The van der Waals surface area contributed by atoms with Gasteiger partial charge >= 0.3 is 5.97 Å². The number of carbonyl (C=O) groups is 2. The van der Waals surface area contributed by atoms with Crippen LogP contribution in [-0.2, 0) is 9.53 Å².